The summed E-state index contributed by atoms with van der Waals surface area (Å²) in [4.78, 5) is 16.0. The number of rotatable bonds is 12. The van der Waals surface area contributed by atoms with E-state index in [1.54, 1.807) is 7.05 Å². The van der Waals surface area contributed by atoms with E-state index in [2.05, 4.69) is 27.9 Å². The van der Waals surface area contributed by atoms with Crippen molar-refractivity contribution in [1.82, 2.24) is 16.0 Å². The molecule has 1 aromatic carbocycles. The van der Waals surface area contributed by atoms with Crippen LogP contribution in [0.15, 0.2) is 35.3 Å². The van der Waals surface area contributed by atoms with E-state index in [9.17, 15) is 4.79 Å². The lowest BCUT2D eigenvalue weighted by Gasteiger charge is -2.12. The van der Waals surface area contributed by atoms with Crippen LogP contribution in [0.2, 0.25) is 0 Å². The first-order valence-corrected chi connectivity index (χ1v) is 9.09. The number of nitrogens with one attached hydrogen (secondary N) is 3. The Morgan fingerprint density at radius 2 is 1.76 bits per heavy atom. The Morgan fingerprint density at radius 1 is 1.04 bits per heavy atom. The van der Waals surface area contributed by atoms with Gasteiger partial charge in [0.1, 0.15) is 0 Å². The zero-order valence-corrected chi connectivity index (χ0v) is 15.5. The fraction of sp³-hybridized carbons (Fsp3) is 0.579. The van der Waals surface area contributed by atoms with Crippen LogP contribution in [-0.2, 0) is 16.1 Å². The lowest BCUT2D eigenvalue weighted by Crippen LogP contribution is -2.39. The van der Waals surface area contributed by atoms with Gasteiger partial charge in [0.15, 0.2) is 5.96 Å². The molecule has 1 rings (SSSR count). The third kappa shape index (κ3) is 11.2. The van der Waals surface area contributed by atoms with E-state index < -0.39 is 0 Å². The number of hydrogen-bond acceptors (Lipinski definition) is 3. The molecule has 0 aromatic heterocycles. The fourth-order valence-corrected chi connectivity index (χ4v) is 2.13. The third-order valence-electron chi connectivity index (χ3n) is 3.60. The number of amides is 1. The molecule has 0 heterocycles. The highest BCUT2D eigenvalue weighted by atomic mass is 16.5. The molecule has 0 saturated carbocycles. The second-order valence-electron chi connectivity index (χ2n) is 5.76. The van der Waals surface area contributed by atoms with Gasteiger partial charge in [-0.1, -0.05) is 43.7 Å². The van der Waals surface area contributed by atoms with Crippen LogP contribution in [-0.4, -0.2) is 45.2 Å². The van der Waals surface area contributed by atoms with E-state index >= 15 is 0 Å². The van der Waals surface area contributed by atoms with Crippen molar-refractivity contribution >= 4 is 11.9 Å². The van der Waals surface area contributed by atoms with Crippen LogP contribution in [0.5, 0.6) is 0 Å². The van der Waals surface area contributed by atoms with E-state index in [1.807, 2.05) is 30.3 Å². The van der Waals surface area contributed by atoms with Crippen LogP contribution < -0.4 is 16.0 Å². The summed E-state index contributed by atoms with van der Waals surface area (Å²) in [6, 6.07) is 9.89. The standard InChI is InChI=1S/C19H32N4O2/c1-3-4-14-25-15-8-12-21-19(20-2)22-13-11-18(24)23-16-17-9-6-5-7-10-17/h5-7,9-10H,3-4,8,11-16H2,1-2H3,(H,23,24)(H2,20,21,22). The second-order valence-corrected chi connectivity index (χ2v) is 5.76. The molecule has 0 bridgehead atoms. The molecule has 6 heteroatoms. The number of guanidine groups is 1. The van der Waals surface area contributed by atoms with E-state index in [0.29, 0.717) is 25.5 Å². The lowest BCUT2D eigenvalue weighted by molar-refractivity contribution is -0.121. The Morgan fingerprint density at radius 3 is 2.48 bits per heavy atom. The summed E-state index contributed by atoms with van der Waals surface area (Å²) in [5.74, 6) is 0.737. The molecule has 0 atom stereocenters. The summed E-state index contributed by atoms with van der Waals surface area (Å²) >= 11 is 0. The second kappa shape index (κ2) is 14.3. The van der Waals surface area contributed by atoms with Gasteiger partial charge in [0, 0.05) is 46.3 Å². The summed E-state index contributed by atoms with van der Waals surface area (Å²) in [6.45, 7) is 5.65. The molecule has 6 nitrogen and oxygen atoms in total. The molecular weight excluding hydrogens is 316 g/mol. The highest BCUT2D eigenvalue weighted by molar-refractivity contribution is 5.81. The number of unbranched alkanes of at least 4 members (excludes halogenated alkanes) is 1. The van der Waals surface area contributed by atoms with Crippen LogP contribution in [0.3, 0.4) is 0 Å². The summed E-state index contributed by atoms with van der Waals surface area (Å²) < 4.78 is 5.51. The van der Waals surface area contributed by atoms with Gasteiger partial charge in [0.25, 0.3) is 0 Å². The van der Waals surface area contributed by atoms with Gasteiger partial charge >= 0.3 is 0 Å². The van der Waals surface area contributed by atoms with Crippen LogP contribution in [0.25, 0.3) is 0 Å². The van der Waals surface area contributed by atoms with Gasteiger partial charge < -0.3 is 20.7 Å². The third-order valence-corrected chi connectivity index (χ3v) is 3.60. The quantitative estimate of drug-likeness (QED) is 0.307. The van der Waals surface area contributed by atoms with Crippen molar-refractivity contribution in [3.63, 3.8) is 0 Å². The van der Waals surface area contributed by atoms with E-state index in [1.165, 1.54) is 0 Å². The zero-order chi connectivity index (χ0) is 18.2. The molecule has 0 spiro atoms. The highest BCUT2D eigenvalue weighted by Gasteiger charge is 2.02. The lowest BCUT2D eigenvalue weighted by atomic mass is 10.2. The molecule has 0 saturated heterocycles. The molecule has 0 aliphatic carbocycles. The number of ether oxygens (including phenoxy) is 1. The van der Waals surface area contributed by atoms with E-state index in [0.717, 1.165) is 44.6 Å². The summed E-state index contributed by atoms with van der Waals surface area (Å²) in [7, 11) is 1.72. The van der Waals surface area contributed by atoms with Crippen LogP contribution >= 0.6 is 0 Å². The first kappa shape index (κ1) is 21.0. The topological polar surface area (TPSA) is 74.8 Å². The van der Waals surface area contributed by atoms with Crippen LogP contribution in [0.1, 0.15) is 38.2 Å². The highest BCUT2D eigenvalue weighted by Crippen LogP contribution is 1.97. The van der Waals surface area contributed by atoms with Gasteiger partial charge in [-0.25, -0.2) is 0 Å². The molecule has 0 aliphatic heterocycles. The maximum Gasteiger partial charge on any atom is 0.222 e. The molecule has 25 heavy (non-hydrogen) atoms. The molecule has 0 fully saturated rings. The smallest absolute Gasteiger partial charge is 0.222 e. The average Bonchev–Trinajstić information content (AvgIpc) is 2.65. The van der Waals surface area contributed by atoms with Gasteiger partial charge in [-0.2, -0.15) is 0 Å². The Labute approximate surface area is 151 Å². The zero-order valence-electron chi connectivity index (χ0n) is 15.5. The van der Waals surface area contributed by atoms with Gasteiger partial charge in [-0.3, -0.25) is 9.79 Å². The number of benzene rings is 1. The molecule has 1 aromatic rings. The maximum atomic E-state index is 11.8. The number of carbonyl (C=O) groups is 1. The van der Waals surface area contributed by atoms with E-state index in [4.69, 9.17) is 4.74 Å². The number of nitrogens with zero attached hydrogens (tertiary/aromatic N) is 1. The SMILES string of the molecule is CCCCOCCCNC(=NC)NCCC(=O)NCc1ccccc1. The van der Waals surface area contributed by atoms with Crippen molar-refractivity contribution in [2.75, 3.05) is 33.4 Å². The summed E-state index contributed by atoms with van der Waals surface area (Å²) in [5, 5.41) is 9.28. The van der Waals surface area contributed by atoms with Crippen molar-refractivity contribution in [2.24, 2.45) is 4.99 Å². The minimum absolute atomic E-state index is 0.0242. The largest absolute Gasteiger partial charge is 0.381 e. The van der Waals surface area contributed by atoms with Gasteiger partial charge in [-0.05, 0) is 18.4 Å². The van der Waals surface area contributed by atoms with Crippen molar-refractivity contribution in [1.29, 1.82) is 0 Å². The summed E-state index contributed by atoms with van der Waals surface area (Å²) in [6.07, 6.45) is 3.62. The van der Waals surface area contributed by atoms with Crippen molar-refractivity contribution in [3.05, 3.63) is 35.9 Å². The number of carbonyl (C=O) groups excluding carboxylic acids is 1. The Hall–Kier alpha value is -2.08. The Bertz CT molecular complexity index is 491. The molecule has 140 valence electrons. The monoisotopic (exact) mass is 348 g/mol. The average molecular weight is 348 g/mol. The molecule has 1 amide bonds. The van der Waals surface area contributed by atoms with Crippen molar-refractivity contribution in [3.8, 4) is 0 Å². The Kier molecular flexibility index (Phi) is 12.0. The molecule has 0 radical (unpaired) electrons. The minimum atomic E-state index is 0.0242. The summed E-state index contributed by atoms with van der Waals surface area (Å²) in [5.41, 5.74) is 1.10. The van der Waals surface area contributed by atoms with Crippen LogP contribution in [0.4, 0.5) is 0 Å². The van der Waals surface area contributed by atoms with Gasteiger partial charge in [0.2, 0.25) is 5.91 Å². The maximum absolute atomic E-state index is 11.8. The normalized spacial score (nSPS) is 11.2. The predicted molar refractivity (Wildman–Crippen MR) is 103 cm³/mol. The Balaban J connectivity index is 2.05. The molecule has 0 unspecified atom stereocenters. The number of hydrogen-bond donors (Lipinski definition) is 3. The molecule has 3 N–H and O–H groups in total. The minimum Gasteiger partial charge on any atom is -0.381 e. The fourth-order valence-electron chi connectivity index (χ4n) is 2.13. The number of aliphatic imine (C=N–C) groups is 1. The van der Waals surface area contributed by atoms with Gasteiger partial charge in [-0.15, -0.1) is 0 Å². The van der Waals surface area contributed by atoms with Crippen LogP contribution in [0, 0.1) is 0 Å². The predicted octanol–water partition coefficient (Wildman–Crippen LogP) is 2.06. The van der Waals surface area contributed by atoms with Gasteiger partial charge in [0.05, 0.1) is 0 Å². The molecular formula is C19H32N4O2. The first-order chi connectivity index (χ1) is 12.3. The first-order valence-electron chi connectivity index (χ1n) is 9.09. The van der Waals surface area contributed by atoms with E-state index in [-0.39, 0.29) is 5.91 Å². The molecule has 0 aliphatic rings. The van der Waals surface area contributed by atoms with Crippen molar-refractivity contribution < 1.29 is 9.53 Å². The van der Waals surface area contributed by atoms with Crippen molar-refractivity contribution in [2.45, 2.75) is 39.2 Å².